The number of aryl methyl sites for hydroxylation is 1. The third-order valence-electron chi connectivity index (χ3n) is 3.90. The van der Waals surface area contributed by atoms with Crippen LogP contribution >= 0.6 is 0 Å². The third-order valence-corrected chi connectivity index (χ3v) is 3.90. The molecule has 1 saturated heterocycles. The number of rotatable bonds is 4. The lowest BCUT2D eigenvalue weighted by atomic mass is 10.1. The Bertz CT molecular complexity index is 727. The van der Waals surface area contributed by atoms with E-state index in [4.69, 9.17) is 14.2 Å². The Morgan fingerprint density at radius 1 is 1.25 bits per heavy atom. The van der Waals surface area contributed by atoms with Crippen molar-refractivity contribution in [2.45, 2.75) is 20.0 Å². The first-order chi connectivity index (χ1) is 11.6. The molecule has 2 heterocycles. The first-order valence-corrected chi connectivity index (χ1v) is 7.84. The van der Waals surface area contributed by atoms with Crippen LogP contribution in [0.4, 0.5) is 5.69 Å². The predicted octanol–water partition coefficient (Wildman–Crippen LogP) is 2.84. The molecule has 2 aromatic rings. The van der Waals surface area contributed by atoms with Crippen LogP contribution in [-0.4, -0.2) is 36.8 Å². The van der Waals surface area contributed by atoms with E-state index < -0.39 is 6.10 Å². The molecule has 24 heavy (non-hydrogen) atoms. The summed E-state index contributed by atoms with van der Waals surface area (Å²) in [7, 11) is 0. The number of ether oxygens (including phenoxy) is 3. The van der Waals surface area contributed by atoms with Crippen LogP contribution in [0.3, 0.4) is 0 Å². The molecule has 1 aliphatic rings. The quantitative estimate of drug-likeness (QED) is 0.934. The van der Waals surface area contributed by atoms with Crippen molar-refractivity contribution in [3.8, 4) is 11.6 Å². The van der Waals surface area contributed by atoms with E-state index in [1.807, 2.05) is 32.0 Å². The van der Waals surface area contributed by atoms with Crippen molar-refractivity contribution >= 4 is 11.6 Å². The highest BCUT2D eigenvalue weighted by molar-refractivity contribution is 5.95. The third kappa shape index (κ3) is 3.72. The molecule has 6 nitrogen and oxygen atoms in total. The second kappa shape index (κ2) is 7.42. The van der Waals surface area contributed by atoms with Gasteiger partial charge in [-0.3, -0.25) is 4.79 Å². The van der Waals surface area contributed by atoms with E-state index in [1.54, 1.807) is 18.3 Å². The lowest BCUT2D eigenvalue weighted by Gasteiger charge is -2.22. The van der Waals surface area contributed by atoms with Gasteiger partial charge in [0.1, 0.15) is 11.4 Å². The predicted molar refractivity (Wildman–Crippen MR) is 89.4 cm³/mol. The van der Waals surface area contributed by atoms with Gasteiger partial charge in [-0.1, -0.05) is 12.1 Å². The Morgan fingerprint density at radius 3 is 2.92 bits per heavy atom. The van der Waals surface area contributed by atoms with Crippen LogP contribution in [0.2, 0.25) is 0 Å². The second-order valence-corrected chi connectivity index (χ2v) is 5.58. The molecule has 0 unspecified atom stereocenters. The average molecular weight is 328 g/mol. The smallest absolute Gasteiger partial charge is 0.256 e. The lowest BCUT2D eigenvalue weighted by Crippen LogP contribution is -2.39. The van der Waals surface area contributed by atoms with Crippen molar-refractivity contribution in [1.29, 1.82) is 0 Å². The first-order valence-electron chi connectivity index (χ1n) is 7.84. The van der Waals surface area contributed by atoms with Gasteiger partial charge in [-0.25, -0.2) is 4.98 Å². The van der Waals surface area contributed by atoms with Crippen molar-refractivity contribution in [1.82, 2.24) is 4.98 Å². The monoisotopic (exact) mass is 328 g/mol. The van der Waals surface area contributed by atoms with Crippen LogP contribution in [0.1, 0.15) is 11.1 Å². The van der Waals surface area contributed by atoms with Crippen molar-refractivity contribution in [3.05, 3.63) is 47.7 Å². The Labute approximate surface area is 140 Å². The molecule has 0 spiro atoms. The highest BCUT2D eigenvalue weighted by atomic mass is 16.6. The lowest BCUT2D eigenvalue weighted by molar-refractivity contribution is -0.142. The van der Waals surface area contributed by atoms with Gasteiger partial charge < -0.3 is 19.5 Å². The van der Waals surface area contributed by atoms with Crippen LogP contribution in [0.25, 0.3) is 0 Å². The van der Waals surface area contributed by atoms with E-state index in [0.29, 0.717) is 30.5 Å². The van der Waals surface area contributed by atoms with Crippen molar-refractivity contribution in [2.24, 2.45) is 0 Å². The molecule has 0 aliphatic carbocycles. The number of benzene rings is 1. The molecule has 1 amide bonds. The summed E-state index contributed by atoms with van der Waals surface area (Å²) < 4.78 is 16.6. The molecule has 1 N–H and O–H groups in total. The van der Waals surface area contributed by atoms with Gasteiger partial charge in [0.25, 0.3) is 5.91 Å². The number of nitrogens with one attached hydrogen (secondary N) is 1. The Kier molecular flexibility index (Phi) is 5.08. The van der Waals surface area contributed by atoms with Gasteiger partial charge in [-0.05, 0) is 43.2 Å². The molecule has 6 heteroatoms. The maximum absolute atomic E-state index is 12.3. The minimum absolute atomic E-state index is 0.249. The van der Waals surface area contributed by atoms with E-state index in [9.17, 15) is 4.79 Å². The van der Waals surface area contributed by atoms with Gasteiger partial charge in [0, 0.05) is 6.20 Å². The summed E-state index contributed by atoms with van der Waals surface area (Å²) in [5.41, 5.74) is 2.66. The Balaban J connectivity index is 1.77. The Hall–Kier alpha value is -2.44. The summed E-state index contributed by atoms with van der Waals surface area (Å²) in [6, 6.07) is 9.30. The zero-order valence-electron chi connectivity index (χ0n) is 13.7. The molecule has 1 aromatic heterocycles. The number of hydrogen-bond acceptors (Lipinski definition) is 5. The second-order valence-electron chi connectivity index (χ2n) is 5.58. The largest absolute Gasteiger partial charge is 0.437 e. The summed E-state index contributed by atoms with van der Waals surface area (Å²) in [6.07, 6.45) is 1.00. The molecule has 0 saturated carbocycles. The van der Waals surface area contributed by atoms with Gasteiger partial charge >= 0.3 is 0 Å². The van der Waals surface area contributed by atoms with Crippen LogP contribution in [0.15, 0.2) is 36.5 Å². The standard InChI is InChI=1S/C18H20N2O4/c1-12-5-3-7-15(13(12)2)24-18-14(6-4-8-19-18)20-17(21)16-11-22-9-10-23-16/h3-8,16H,9-11H2,1-2H3,(H,20,21)/t16-/m1/s1. The van der Waals surface area contributed by atoms with E-state index in [2.05, 4.69) is 10.3 Å². The number of hydrogen-bond donors (Lipinski definition) is 1. The molecule has 1 aliphatic heterocycles. The van der Waals surface area contributed by atoms with Gasteiger partial charge in [0.2, 0.25) is 5.88 Å². The van der Waals surface area contributed by atoms with Crippen LogP contribution < -0.4 is 10.1 Å². The number of anilines is 1. The fraction of sp³-hybridized carbons (Fsp3) is 0.333. The SMILES string of the molecule is Cc1cccc(Oc2ncccc2NC(=O)[C@H]2COCCO2)c1C. The molecule has 126 valence electrons. The number of carbonyl (C=O) groups excluding carboxylic acids is 1. The molecule has 0 radical (unpaired) electrons. The van der Waals surface area contributed by atoms with Crippen LogP contribution in [0.5, 0.6) is 11.6 Å². The molecular weight excluding hydrogens is 308 g/mol. The van der Waals surface area contributed by atoms with Crippen molar-refractivity contribution in [2.75, 3.05) is 25.1 Å². The number of aromatic nitrogens is 1. The molecule has 0 bridgehead atoms. The van der Waals surface area contributed by atoms with Crippen LogP contribution in [-0.2, 0) is 14.3 Å². The highest BCUT2D eigenvalue weighted by Crippen LogP contribution is 2.30. The zero-order valence-corrected chi connectivity index (χ0v) is 13.7. The number of amides is 1. The molecular formula is C18H20N2O4. The minimum atomic E-state index is -0.618. The minimum Gasteiger partial charge on any atom is -0.437 e. The van der Waals surface area contributed by atoms with E-state index in [1.165, 1.54) is 0 Å². The maximum atomic E-state index is 12.3. The Morgan fingerprint density at radius 2 is 2.12 bits per heavy atom. The maximum Gasteiger partial charge on any atom is 0.256 e. The normalized spacial score (nSPS) is 17.3. The number of pyridine rings is 1. The van der Waals surface area contributed by atoms with Gasteiger partial charge in [-0.2, -0.15) is 0 Å². The van der Waals surface area contributed by atoms with Crippen molar-refractivity contribution < 1.29 is 19.0 Å². The fourth-order valence-corrected chi connectivity index (χ4v) is 2.36. The van der Waals surface area contributed by atoms with Gasteiger partial charge in [0.15, 0.2) is 6.10 Å². The summed E-state index contributed by atoms with van der Waals surface area (Å²) in [5, 5.41) is 2.80. The zero-order chi connectivity index (χ0) is 16.9. The summed E-state index contributed by atoms with van der Waals surface area (Å²) in [4.78, 5) is 16.5. The van der Waals surface area contributed by atoms with Gasteiger partial charge in [0.05, 0.1) is 19.8 Å². The molecule has 3 rings (SSSR count). The number of nitrogens with zero attached hydrogens (tertiary/aromatic N) is 1. The average Bonchev–Trinajstić information content (AvgIpc) is 2.61. The molecule has 1 atom stereocenters. The van der Waals surface area contributed by atoms with Gasteiger partial charge in [-0.15, -0.1) is 0 Å². The molecule has 1 aromatic carbocycles. The number of carbonyl (C=O) groups is 1. The van der Waals surface area contributed by atoms with E-state index in [0.717, 1.165) is 11.1 Å². The van der Waals surface area contributed by atoms with E-state index >= 15 is 0 Å². The summed E-state index contributed by atoms with van der Waals surface area (Å²) >= 11 is 0. The topological polar surface area (TPSA) is 69.7 Å². The highest BCUT2D eigenvalue weighted by Gasteiger charge is 2.24. The van der Waals surface area contributed by atoms with Crippen molar-refractivity contribution in [3.63, 3.8) is 0 Å². The summed E-state index contributed by atoms with van der Waals surface area (Å²) in [5.74, 6) is 0.784. The summed E-state index contributed by atoms with van der Waals surface area (Å²) in [6.45, 7) is 5.18. The molecule has 1 fully saturated rings. The first kappa shape index (κ1) is 16.4. The van der Waals surface area contributed by atoms with E-state index in [-0.39, 0.29) is 12.5 Å². The fourth-order valence-electron chi connectivity index (χ4n) is 2.36. The van der Waals surface area contributed by atoms with Crippen LogP contribution in [0, 0.1) is 13.8 Å².